The summed E-state index contributed by atoms with van der Waals surface area (Å²) in [6.45, 7) is 1.58. The Balaban J connectivity index is 3.27. The molecule has 0 heterocycles. The minimum absolute atomic E-state index is 0.0394. The Bertz CT molecular complexity index is 95.8. The molecule has 0 aromatic heterocycles. The predicted octanol–water partition coefficient (Wildman–Crippen LogP) is 0.791. The number of hydrogen-bond acceptors (Lipinski definition) is 4. The van der Waals surface area contributed by atoms with Crippen molar-refractivity contribution in [3.63, 3.8) is 0 Å². The Hall–Kier alpha value is 0.130. The molecule has 0 aromatic rings. The topological polar surface area (TPSA) is 57.5 Å². The van der Waals surface area contributed by atoms with E-state index < -0.39 is 11.2 Å². The van der Waals surface area contributed by atoms with E-state index in [1.807, 2.05) is 0 Å². The third-order valence-electron chi connectivity index (χ3n) is 0.613. The van der Waals surface area contributed by atoms with Crippen LogP contribution in [0.4, 0.5) is 0 Å². The molecule has 0 aliphatic rings. The lowest BCUT2D eigenvalue weighted by Gasteiger charge is -2.00. The van der Waals surface area contributed by atoms with E-state index >= 15 is 0 Å². The summed E-state index contributed by atoms with van der Waals surface area (Å²) in [4.78, 5) is 10.1. The van der Waals surface area contributed by atoms with E-state index in [0.717, 1.165) is 21.6 Å². The first kappa shape index (κ1) is 9.13. The molecule has 1 unspecified atom stereocenters. The van der Waals surface area contributed by atoms with Gasteiger partial charge in [0.2, 0.25) is 0 Å². The van der Waals surface area contributed by atoms with E-state index in [2.05, 4.69) is 0 Å². The van der Waals surface area contributed by atoms with Gasteiger partial charge in [0.1, 0.15) is 5.25 Å². The van der Waals surface area contributed by atoms with E-state index in [1.165, 1.54) is 0 Å². The number of carbonyl (C=O) groups is 1. The summed E-state index contributed by atoms with van der Waals surface area (Å²) < 4.78 is 0. The summed E-state index contributed by atoms with van der Waals surface area (Å²) in [6, 6.07) is 0. The normalized spacial score (nSPS) is 13.1. The quantitative estimate of drug-likeness (QED) is 0.480. The Kier molecular flexibility index (Phi) is 5.03. The average Bonchev–Trinajstić information content (AvgIpc) is 1.82. The number of aliphatic carboxylic acids is 1. The van der Waals surface area contributed by atoms with Gasteiger partial charge in [-0.2, -0.15) is 0 Å². The summed E-state index contributed by atoms with van der Waals surface area (Å²) in [5.74, 6) is -0.886. The van der Waals surface area contributed by atoms with Crippen LogP contribution in [0.3, 0.4) is 0 Å². The van der Waals surface area contributed by atoms with Crippen LogP contribution in [0.25, 0.3) is 0 Å². The van der Waals surface area contributed by atoms with Gasteiger partial charge in [-0.1, -0.05) is 21.6 Å². The van der Waals surface area contributed by atoms with Crippen LogP contribution in [0.2, 0.25) is 0 Å². The van der Waals surface area contributed by atoms with Gasteiger partial charge in [-0.15, -0.1) is 0 Å². The summed E-state index contributed by atoms with van der Waals surface area (Å²) in [5, 5.41) is 16.1. The van der Waals surface area contributed by atoms with Crippen LogP contribution in [0.5, 0.6) is 0 Å². The van der Waals surface area contributed by atoms with E-state index in [-0.39, 0.29) is 5.94 Å². The van der Waals surface area contributed by atoms with Gasteiger partial charge in [-0.3, -0.25) is 4.79 Å². The molecule has 54 valence electrons. The minimum Gasteiger partial charge on any atom is -0.480 e. The molecule has 0 bridgehead atoms. The summed E-state index contributed by atoms with van der Waals surface area (Å²) >= 11 is 0. The van der Waals surface area contributed by atoms with Crippen molar-refractivity contribution in [3.05, 3.63) is 0 Å². The SMILES string of the molecule is CC(SSCO)C(=O)O. The Morgan fingerprint density at radius 3 is 2.67 bits per heavy atom. The molecule has 1 atom stereocenters. The first-order valence-corrected chi connectivity index (χ1v) is 4.68. The van der Waals surface area contributed by atoms with Gasteiger partial charge in [0.15, 0.2) is 0 Å². The number of hydrogen-bond donors (Lipinski definition) is 2. The average molecular weight is 168 g/mol. The second-order valence-corrected chi connectivity index (χ2v) is 4.00. The predicted molar refractivity (Wildman–Crippen MR) is 39.4 cm³/mol. The van der Waals surface area contributed by atoms with Crippen molar-refractivity contribution in [2.24, 2.45) is 0 Å². The van der Waals surface area contributed by atoms with E-state index in [1.54, 1.807) is 6.92 Å². The molecule has 0 fully saturated rings. The maximum Gasteiger partial charge on any atom is 0.317 e. The van der Waals surface area contributed by atoms with Crippen molar-refractivity contribution in [2.45, 2.75) is 12.2 Å². The van der Waals surface area contributed by atoms with Gasteiger partial charge in [0.05, 0.1) is 5.94 Å². The first-order chi connectivity index (χ1) is 4.18. The minimum atomic E-state index is -0.846. The number of aliphatic hydroxyl groups is 1. The van der Waals surface area contributed by atoms with E-state index in [9.17, 15) is 4.79 Å². The molecule has 0 aliphatic heterocycles. The van der Waals surface area contributed by atoms with Crippen LogP contribution in [-0.4, -0.2) is 27.4 Å². The van der Waals surface area contributed by atoms with Gasteiger partial charge in [-0.25, -0.2) is 0 Å². The first-order valence-electron chi connectivity index (χ1n) is 2.30. The Labute approximate surface area is 61.2 Å². The molecule has 0 amide bonds. The molecular formula is C4H8O3S2. The maximum atomic E-state index is 10.1. The molecule has 0 saturated carbocycles. The highest BCUT2D eigenvalue weighted by atomic mass is 33.1. The Morgan fingerprint density at radius 2 is 2.33 bits per heavy atom. The molecule has 5 heteroatoms. The second-order valence-electron chi connectivity index (χ2n) is 1.32. The van der Waals surface area contributed by atoms with Gasteiger partial charge >= 0.3 is 5.97 Å². The van der Waals surface area contributed by atoms with E-state index in [4.69, 9.17) is 10.2 Å². The van der Waals surface area contributed by atoms with Crippen molar-refractivity contribution >= 4 is 27.6 Å². The third-order valence-corrected chi connectivity index (χ3v) is 2.94. The summed E-state index contributed by atoms with van der Waals surface area (Å²) in [7, 11) is 2.29. The fourth-order valence-electron chi connectivity index (χ4n) is 0.174. The fourth-order valence-corrected chi connectivity index (χ4v) is 1.56. The zero-order chi connectivity index (χ0) is 7.28. The van der Waals surface area contributed by atoms with Crippen molar-refractivity contribution in [2.75, 3.05) is 5.94 Å². The molecule has 0 rings (SSSR count). The van der Waals surface area contributed by atoms with Crippen molar-refractivity contribution in [1.29, 1.82) is 0 Å². The van der Waals surface area contributed by atoms with Crippen LogP contribution >= 0.6 is 21.6 Å². The largest absolute Gasteiger partial charge is 0.480 e. The lowest BCUT2D eigenvalue weighted by molar-refractivity contribution is -0.136. The van der Waals surface area contributed by atoms with Crippen molar-refractivity contribution < 1.29 is 15.0 Å². The number of aliphatic hydroxyl groups excluding tert-OH is 1. The van der Waals surface area contributed by atoms with Crippen LogP contribution in [0, 0.1) is 0 Å². The summed E-state index contributed by atoms with van der Waals surface area (Å²) in [5.41, 5.74) is 0. The van der Waals surface area contributed by atoms with Crippen molar-refractivity contribution in [3.8, 4) is 0 Å². The van der Waals surface area contributed by atoms with Crippen LogP contribution in [0.15, 0.2) is 0 Å². The maximum absolute atomic E-state index is 10.1. The van der Waals surface area contributed by atoms with Gasteiger partial charge in [0, 0.05) is 0 Å². The molecule has 0 spiro atoms. The molecule has 0 aromatic carbocycles. The monoisotopic (exact) mass is 168 g/mol. The van der Waals surface area contributed by atoms with Gasteiger partial charge in [0.25, 0.3) is 0 Å². The smallest absolute Gasteiger partial charge is 0.317 e. The molecule has 3 nitrogen and oxygen atoms in total. The summed E-state index contributed by atoms with van der Waals surface area (Å²) in [6.07, 6.45) is 0. The highest BCUT2D eigenvalue weighted by molar-refractivity contribution is 8.77. The molecule has 0 saturated heterocycles. The Morgan fingerprint density at radius 1 is 1.78 bits per heavy atom. The lowest BCUT2D eigenvalue weighted by atomic mass is 10.5. The molecule has 2 N–H and O–H groups in total. The third kappa shape index (κ3) is 4.62. The molecular weight excluding hydrogens is 160 g/mol. The zero-order valence-electron chi connectivity index (χ0n) is 4.90. The number of rotatable bonds is 4. The highest BCUT2D eigenvalue weighted by Crippen LogP contribution is 2.25. The standard InChI is InChI=1S/C4H8O3S2/c1-3(4(6)7)9-8-2-5/h3,5H,2H2,1H3,(H,6,7). The van der Waals surface area contributed by atoms with E-state index in [0.29, 0.717) is 0 Å². The lowest BCUT2D eigenvalue weighted by Crippen LogP contribution is -2.09. The number of carboxylic acids is 1. The molecule has 0 aliphatic carbocycles. The van der Waals surface area contributed by atoms with Crippen molar-refractivity contribution in [1.82, 2.24) is 0 Å². The van der Waals surface area contributed by atoms with Gasteiger partial charge < -0.3 is 10.2 Å². The number of carboxylic acid groups (broad SMARTS) is 1. The highest BCUT2D eigenvalue weighted by Gasteiger charge is 2.10. The second kappa shape index (κ2) is 4.96. The zero-order valence-corrected chi connectivity index (χ0v) is 6.54. The molecule has 9 heavy (non-hydrogen) atoms. The molecule has 0 radical (unpaired) electrons. The van der Waals surface area contributed by atoms with Crippen LogP contribution in [-0.2, 0) is 4.79 Å². The fraction of sp³-hybridized carbons (Fsp3) is 0.750. The van der Waals surface area contributed by atoms with Gasteiger partial charge in [-0.05, 0) is 6.92 Å². The van der Waals surface area contributed by atoms with Crippen LogP contribution < -0.4 is 0 Å². The van der Waals surface area contributed by atoms with Crippen LogP contribution in [0.1, 0.15) is 6.92 Å².